The number of hydrogen-bond acceptors (Lipinski definition) is 3. The summed E-state index contributed by atoms with van der Waals surface area (Å²) in [6.07, 6.45) is -1.92. The Kier molecular flexibility index (Phi) is 4.32. The maximum Gasteiger partial charge on any atom is 0.416 e. The Morgan fingerprint density at radius 3 is 2.40 bits per heavy atom. The molecule has 1 aromatic heterocycles. The topological polar surface area (TPSA) is 38.9 Å². The van der Waals surface area contributed by atoms with Crippen molar-refractivity contribution >= 4 is 16.5 Å². The van der Waals surface area contributed by atoms with Crippen molar-refractivity contribution < 1.29 is 13.2 Å². The Bertz CT molecular complexity index is 573. The first-order valence-electron chi connectivity index (χ1n) is 6.30. The van der Waals surface area contributed by atoms with Crippen molar-refractivity contribution in [2.45, 2.75) is 32.4 Å². The lowest BCUT2D eigenvalue weighted by atomic mass is 10.1. The van der Waals surface area contributed by atoms with Crippen LogP contribution in [-0.2, 0) is 19.0 Å². The molecule has 2 rings (SSSR count). The molecule has 20 heavy (non-hydrogen) atoms. The minimum Gasteiger partial charge on any atom is -0.375 e. The zero-order chi connectivity index (χ0) is 14.8. The third kappa shape index (κ3) is 3.50. The van der Waals surface area contributed by atoms with Crippen molar-refractivity contribution in [2.75, 3.05) is 5.73 Å². The molecule has 6 heteroatoms. The van der Waals surface area contributed by atoms with E-state index in [1.165, 1.54) is 23.5 Å². The van der Waals surface area contributed by atoms with Gasteiger partial charge in [0.05, 0.1) is 11.3 Å². The molecule has 1 heterocycles. The highest BCUT2D eigenvalue weighted by Crippen LogP contribution is 2.30. The lowest BCUT2D eigenvalue weighted by molar-refractivity contribution is -0.137. The fourth-order valence-corrected chi connectivity index (χ4v) is 2.88. The SMILES string of the molecule is CCCc1nc(N)sc1Cc1ccc(C(F)(F)F)cc1. The van der Waals surface area contributed by atoms with Crippen molar-refractivity contribution in [1.82, 2.24) is 4.98 Å². The molecule has 0 spiro atoms. The van der Waals surface area contributed by atoms with Gasteiger partial charge < -0.3 is 5.73 Å². The first kappa shape index (κ1) is 14.8. The second kappa shape index (κ2) is 5.83. The van der Waals surface area contributed by atoms with Gasteiger partial charge in [0.25, 0.3) is 0 Å². The summed E-state index contributed by atoms with van der Waals surface area (Å²) in [6, 6.07) is 5.24. The average Bonchev–Trinajstić information content (AvgIpc) is 2.69. The zero-order valence-corrected chi connectivity index (χ0v) is 11.8. The van der Waals surface area contributed by atoms with E-state index >= 15 is 0 Å². The van der Waals surface area contributed by atoms with Crippen LogP contribution in [0.4, 0.5) is 18.3 Å². The van der Waals surface area contributed by atoms with Gasteiger partial charge in [0.2, 0.25) is 0 Å². The summed E-state index contributed by atoms with van der Waals surface area (Å²) in [6.45, 7) is 2.05. The number of aryl methyl sites for hydroxylation is 1. The number of halogens is 3. The van der Waals surface area contributed by atoms with E-state index in [2.05, 4.69) is 11.9 Å². The van der Waals surface area contributed by atoms with Gasteiger partial charge in [0.15, 0.2) is 5.13 Å². The van der Waals surface area contributed by atoms with Gasteiger partial charge in [-0.3, -0.25) is 0 Å². The number of alkyl halides is 3. The molecule has 2 aromatic rings. The molecule has 1 aromatic carbocycles. The lowest BCUT2D eigenvalue weighted by Crippen LogP contribution is -2.04. The number of aromatic nitrogens is 1. The second-order valence-corrected chi connectivity index (χ2v) is 5.66. The van der Waals surface area contributed by atoms with E-state index in [1.54, 1.807) is 0 Å². The number of benzene rings is 1. The normalized spacial score (nSPS) is 11.8. The Hall–Kier alpha value is -1.56. The molecule has 0 bridgehead atoms. The van der Waals surface area contributed by atoms with Gasteiger partial charge >= 0.3 is 6.18 Å². The minimum atomic E-state index is -4.29. The smallest absolute Gasteiger partial charge is 0.375 e. The van der Waals surface area contributed by atoms with Crippen molar-refractivity contribution in [3.05, 3.63) is 46.0 Å². The molecule has 0 unspecified atom stereocenters. The highest BCUT2D eigenvalue weighted by Gasteiger charge is 2.29. The van der Waals surface area contributed by atoms with E-state index in [-0.39, 0.29) is 0 Å². The van der Waals surface area contributed by atoms with Gasteiger partial charge in [-0.2, -0.15) is 13.2 Å². The summed E-state index contributed by atoms with van der Waals surface area (Å²) < 4.78 is 37.5. The van der Waals surface area contributed by atoms with Crippen LogP contribution < -0.4 is 5.73 Å². The van der Waals surface area contributed by atoms with Crippen molar-refractivity contribution in [3.63, 3.8) is 0 Å². The summed E-state index contributed by atoms with van der Waals surface area (Å²) >= 11 is 1.40. The van der Waals surface area contributed by atoms with Crippen LogP contribution >= 0.6 is 11.3 Å². The molecule has 0 radical (unpaired) electrons. The maximum atomic E-state index is 12.5. The Morgan fingerprint density at radius 1 is 1.20 bits per heavy atom. The molecule has 0 amide bonds. The molecule has 0 aliphatic heterocycles. The van der Waals surface area contributed by atoms with Crippen LogP contribution in [0.2, 0.25) is 0 Å². The predicted molar refractivity (Wildman–Crippen MR) is 74.8 cm³/mol. The molecule has 0 saturated heterocycles. The summed E-state index contributed by atoms with van der Waals surface area (Å²) in [4.78, 5) is 5.30. The van der Waals surface area contributed by atoms with Crippen LogP contribution in [0.15, 0.2) is 24.3 Å². The van der Waals surface area contributed by atoms with Crippen LogP contribution in [0.5, 0.6) is 0 Å². The first-order valence-corrected chi connectivity index (χ1v) is 7.12. The summed E-state index contributed by atoms with van der Waals surface area (Å²) in [5.74, 6) is 0. The maximum absolute atomic E-state index is 12.5. The van der Waals surface area contributed by atoms with Crippen LogP contribution in [0.1, 0.15) is 35.0 Å². The number of anilines is 1. The largest absolute Gasteiger partial charge is 0.416 e. The standard InChI is InChI=1S/C14H15F3N2S/c1-2-3-11-12(20-13(18)19-11)8-9-4-6-10(7-5-9)14(15,16)17/h4-7H,2-3,8H2,1H3,(H2,18,19). The van der Waals surface area contributed by atoms with E-state index < -0.39 is 11.7 Å². The summed E-state index contributed by atoms with van der Waals surface area (Å²) in [7, 11) is 0. The minimum absolute atomic E-state index is 0.510. The average molecular weight is 300 g/mol. The van der Waals surface area contributed by atoms with Crippen LogP contribution in [0.25, 0.3) is 0 Å². The predicted octanol–water partition coefficient (Wildman–Crippen LogP) is 4.29. The number of nitrogens with zero attached hydrogens (tertiary/aromatic N) is 1. The van der Waals surface area contributed by atoms with Gasteiger partial charge in [0.1, 0.15) is 0 Å². The fraction of sp³-hybridized carbons (Fsp3) is 0.357. The van der Waals surface area contributed by atoms with E-state index in [0.717, 1.165) is 41.1 Å². The third-order valence-corrected chi connectivity index (χ3v) is 3.85. The number of hydrogen-bond donors (Lipinski definition) is 1. The molecule has 0 atom stereocenters. The Balaban J connectivity index is 2.18. The molecule has 108 valence electrons. The Morgan fingerprint density at radius 2 is 1.85 bits per heavy atom. The van der Waals surface area contributed by atoms with Crippen LogP contribution in [0.3, 0.4) is 0 Å². The van der Waals surface area contributed by atoms with Crippen molar-refractivity contribution in [3.8, 4) is 0 Å². The van der Waals surface area contributed by atoms with E-state index in [1.807, 2.05) is 0 Å². The second-order valence-electron chi connectivity index (χ2n) is 4.54. The monoisotopic (exact) mass is 300 g/mol. The van der Waals surface area contributed by atoms with Gasteiger partial charge in [-0.05, 0) is 24.1 Å². The number of nitrogens with two attached hydrogens (primary N) is 1. The third-order valence-electron chi connectivity index (χ3n) is 2.93. The fourth-order valence-electron chi connectivity index (χ4n) is 1.97. The van der Waals surface area contributed by atoms with Crippen LogP contribution in [0, 0.1) is 0 Å². The number of nitrogen functional groups attached to an aromatic ring is 1. The van der Waals surface area contributed by atoms with E-state index in [4.69, 9.17) is 5.73 Å². The van der Waals surface area contributed by atoms with E-state index in [0.29, 0.717) is 11.6 Å². The summed E-state index contributed by atoms with van der Waals surface area (Å²) in [5.41, 5.74) is 6.86. The number of rotatable bonds is 4. The van der Waals surface area contributed by atoms with Crippen molar-refractivity contribution in [2.24, 2.45) is 0 Å². The van der Waals surface area contributed by atoms with Crippen molar-refractivity contribution in [1.29, 1.82) is 0 Å². The lowest BCUT2D eigenvalue weighted by Gasteiger charge is -2.07. The van der Waals surface area contributed by atoms with Gasteiger partial charge in [-0.25, -0.2) is 4.98 Å². The van der Waals surface area contributed by atoms with Gasteiger partial charge in [0, 0.05) is 11.3 Å². The molecule has 0 aliphatic carbocycles. The van der Waals surface area contributed by atoms with Gasteiger partial charge in [-0.15, -0.1) is 11.3 Å². The molecular formula is C14H15F3N2S. The molecule has 0 aliphatic rings. The molecule has 2 N–H and O–H groups in total. The number of thiazole rings is 1. The molecular weight excluding hydrogens is 285 g/mol. The molecule has 2 nitrogen and oxygen atoms in total. The quantitative estimate of drug-likeness (QED) is 0.915. The first-order chi connectivity index (χ1) is 9.40. The highest BCUT2D eigenvalue weighted by molar-refractivity contribution is 7.15. The molecule has 0 fully saturated rings. The molecule has 0 saturated carbocycles. The van der Waals surface area contributed by atoms with Crippen LogP contribution in [-0.4, -0.2) is 4.98 Å². The highest BCUT2D eigenvalue weighted by atomic mass is 32.1. The Labute approximate surface area is 119 Å². The van der Waals surface area contributed by atoms with Gasteiger partial charge in [-0.1, -0.05) is 25.5 Å². The summed E-state index contributed by atoms with van der Waals surface area (Å²) in [5, 5.41) is 0.510. The zero-order valence-electron chi connectivity index (χ0n) is 11.0. The van der Waals surface area contributed by atoms with E-state index in [9.17, 15) is 13.2 Å².